The van der Waals surface area contributed by atoms with Crippen LogP contribution in [0.25, 0.3) is 0 Å². The number of Topliss-reactive ketones (excluding diaryl/α,β-unsaturated/α-hetero) is 1. The van der Waals surface area contributed by atoms with E-state index in [9.17, 15) is 14.7 Å². The fourth-order valence-corrected chi connectivity index (χ4v) is 3.65. The lowest BCUT2D eigenvalue weighted by molar-refractivity contribution is -0.156. The van der Waals surface area contributed by atoms with Crippen LogP contribution in [0.4, 0.5) is 0 Å². The van der Waals surface area contributed by atoms with Gasteiger partial charge in [-0.1, -0.05) is 64.6 Å². The number of carbonyl (C=O) groups is 2. The van der Waals surface area contributed by atoms with Crippen LogP contribution in [0.3, 0.4) is 0 Å². The first-order valence-electron chi connectivity index (χ1n) is 7.85. The zero-order valence-corrected chi connectivity index (χ0v) is 16.2. The van der Waals surface area contributed by atoms with E-state index in [1.165, 1.54) is 6.08 Å². The van der Waals surface area contributed by atoms with Crippen LogP contribution < -0.4 is 0 Å². The Balaban J connectivity index is 2.47. The van der Waals surface area contributed by atoms with Crippen LogP contribution in [0.5, 0.6) is 0 Å². The number of ketones is 1. The molecule has 2 rings (SSSR count). The Morgan fingerprint density at radius 2 is 1.96 bits per heavy atom. The van der Waals surface area contributed by atoms with E-state index in [1.54, 1.807) is 19.1 Å². The molecule has 3 unspecified atom stereocenters. The van der Waals surface area contributed by atoms with Crippen molar-refractivity contribution in [1.29, 1.82) is 0 Å². The summed E-state index contributed by atoms with van der Waals surface area (Å²) in [6.07, 6.45) is 1.01. The molecule has 1 saturated carbocycles. The smallest absolute Gasteiger partial charge is 0.335 e. The Hall–Kier alpha value is -1.07. The number of aryl methyl sites for hydroxylation is 1. The van der Waals surface area contributed by atoms with E-state index in [0.717, 1.165) is 5.56 Å². The Bertz CT molecular complexity index is 697. The lowest BCUT2D eigenvalue weighted by atomic mass is 9.67. The Labute approximate surface area is 161 Å². The molecule has 0 saturated heterocycles. The Morgan fingerprint density at radius 1 is 1.36 bits per heavy atom. The predicted molar refractivity (Wildman–Crippen MR) is 97.8 cm³/mol. The van der Waals surface area contributed by atoms with Gasteiger partial charge in [0.2, 0.25) is 4.87 Å². The fourth-order valence-electron chi connectivity index (χ4n) is 3.09. The lowest BCUT2D eigenvalue weighted by Gasteiger charge is -2.42. The fraction of sp³-hybridized carbons (Fsp3) is 0.444. The van der Waals surface area contributed by atoms with Crippen molar-refractivity contribution in [2.24, 2.45) is 5.92 Å². The SMILES string of the molecule is CCOC(=O)C1(Cl)C(=O)CC(O)(c2ccc(C)cc2)CC1C=C(Cl)Cl. The predicted octanol–water partition coefficient (Wildman–Crippen LogP) is 4.02. The van der Waals surface area contributed by atoms with Crippen LogP contribution in [0.1, 0.15) is 30.9 Å². The van der Waals surface area contributed by atoms with Crippen LogP contribution in [-0.4, -0.2) is 28.3 Å². The van der Waals surface area contributed by atoms with E-state index in [0.29, 0.717) is 5.56 Å². The maximum Gasteiger partial charge on any atom is 0.335 e. The van der Waals surface area contributed by atoms with E-state index in [1.807, 2.05) is 19.1 Å². The third-order valence-corrected chi connectivity index (χ3v) is 5.31. The molecule has 0 bridgehead atoms. The summed E-state index contributed by atoms with van der Waals surface area (Å²) in [4.78, 5) is 23.2. The van der Waals surface area contributed by atoms with E-state index in [2.05, 4.69) is 0 Å². The van der Waals surface area contributed by atoms with Crippen molar-refractivity contribution in [1.82, 2.24) is 0 Å². The summed E-state index contributed by atoms with van der Waals surface area (Å²) in [5.74, 6) is -2.40. The van der Waals surface area contributed by atoms with Gasteiger partial charge in [-0.3, -0.25) is 4.79 Å². The van der Waals surface area contributed by atoms with E-state index in [4.69, 9.17) is 39.5 Å². The molecule has 25 heavy (non-hydrogen) atoms. The minimum Gasteiger partial charge on any atom is -0.464 e. The second-order valence-corrected chi connectivity index (χ2v) is 7.80. The minimum atomic E-state index is -1.96. The molecule has 0 heterocycles. The molecular weight excluding hydrogens is 387 g/mol. The Morgan fingerprint density at radius 3 is 2.48 bits per heavy atom. The number of esters is 1. The maximum atomic E-state index is 12.8. The molecule has 1 aromatic carbocycles. The number of ether oxygens (including phenoxy) is 1. The first-order chi connectivity index (χ1) is 11.6. The van der Waals surface area contributed by atoms with Gasteiger partial charge >= 0.3 is 5.97 Å². The molecule has 0 spiro atoms. The van der Waals surface area contributed by atoms with Crippen LogP contribution in [0, 0.1) is 12.8 Å². The van der Waals surface area contributed by atoms with Crippen LogP contribution >= 0.6 is 34.8 Å². The summed E-state index contributed by atoms with van der Waals surface area (Å²) in [6, 6.07) is 7.17. The number of hydrogen-bond donors (Lipinski definition) is 1. The van der Waals surface area contributed by atoms with Crippen molar-refractivity contribution in [3.8, 4) is 0 Å². The average molecular weight is 406 g/mol. The number of allylic oxidation sites excluding steroid dienone is 1. The first kappa shape index (κ1) is 20.2. The quantitative estimate of drug-likeness (QED) is 0.467. The highest BCUT2D eigenvalue weighted by atomic mass is 35.5. The number of hydrogen-bond acceptors (Lipinski definition) is 4. The highest BCUT2D eigenvalue weighted by Crippen LogP contribution is 2.47. The van der Waals surface area contributed by atoms with Crippen molar-refractivity contribution >= 4 is 46.6 Å². The van der Waals surface area contributed by atoms with Gasteiger partial charge in [0.05, 0.1) is 12.2 Å². The minimum absolute atomic E-state index is 0.00700. The molecule has 0 amide bonds. The molecule has 136 valence electrons. The number of aliphatic hydroxyl groups is 1. The van der Waals surface area contributed by atoms with Gasteiger partial charge in [0, 0.05) is 12.3 Å². The lowest BCUT2D eigenvalue weighted by Crippen LogP contribution is -2.56. The van der Waals surface area contributed by atoms with Gasteiger partial charge < -0.3 is 9.84 Å². The molecule has 4 nitrogen and oxygen atoms in total. The summed E-state index contributed by atoms with van der Waals surface area (Å²) < 4.78 is 4.83. The number of alkyl halides is 1. The molecule has 0 radical (unpaired) electrons. The van der Waals surface area contributed by atoms with Crippen molar-refractivity contribution in [2.45, 2.75) is 37.2 Å². The summed E-state index contributed by atoms with van der Waals surface area (Å²) in [5, 5.41) is 11.1. The zero-order valence-electron chi connectivity index (χ0n) is 13.9. The number of rotatable bonds is 4. The van der Waals surface area contributed by atoms with Gasteiger partial charge in [0.1, 0.15) is 4.49 Å². The third-order valence-electron chi connectivity index (χ3n) is 4.42. The monoisotopic (exact) mass is 404 g/mol. The molecule has 1 aliphatic carbocycles. The molecule has 1 fully saturated rings. The van der Waals surface area contributed by atoms with Gasteiger partial charge in [0.25, 0.3) is 0 Å². The average Bonchev–Trinajstić information content (AvgIpc) is 2.52. The number of halogens is 3. The summed E-state index contributed by atoms with van der Waals surface area (Å²) in [5.41, 5.74) is 0.117. The standard InChI is InChI=1S/C18H19Cl3O4/c1-3-25-16(23)18(21)13(8-15(19)20)9-17(24,10-14(18)22)12-6-4-11(2)5-7-12/h4-8,13,24H,3,9-10H2,1-2H3. The first-order valence-corrected chi connectivity index (χ1v) is 8.98. The van der Waals surface area contributed by atoms with E-state index in [-0.39, 0.29) is 23.9 Å². The number of carbonyl (C=O) groups excluding carboxylic acids is 2. The summed E-state index contributed by atoms with van der Waals surface area (Å²) in [7, 11) is 0. The molecule has 1 aliphatic rings. The van der Waals surface area contributed by atoms with Gasteiger partial charge in [-0.15, -0.1) is 0 Å². The van der Waals surface area contributed by atoms with Crippen molar-refractivity contribution in [3.63, 3.8) is 0 Å². The van der Waals surface area contributed by atoms with Crippen LogP contribution in [-0.2, 0) is 19.9 Å². The van der Waals surface area contributed by atoms with E-state index >= 15 is 0 Å². The van der Waals surface area contributed by atoms with Gasteiger partial charge in [0.15, 0.2) is 5.78 Å². The molecule has 3 atom stereocenters. The normalized spacial score (nSPS) is 29.2. The molecule has 1 N–H and O–H groups in total. The van der Waals surface area contributed by atoms with Crippen LogP contribution in [0.15, 0.2) is 34.8 Å². The number of benzene rings is 1. The molecular formula is C18H19Cl3O4. The third kappa shape index (κ3) is 4.03. The zero-order chi connectivity index (χ0) is 18.8. The van der Waals surface area contributed by atoms with Crippen molar-refractivity contribution in [3.05, 3.63) is 46.0 Å². The van der Waals surface area contributed by atoms with Gasteiger partial charge in [-0.25, -0.2) is 4.79 Å². The van der Waals surface area contributed by atoms with Crippen LogP contribution in [0.2, 0.25) is 0 Å². The summed E-state index contributed by atoms with van der Waals surface area (Å²) >= 11 is 17.9. The van der Waals surface area contributed by atoms with Gasteiger partial charge in [-0.05, 0) is 31.9 Å². The highest BCUT2D eigenvalue weighted by Gasteiger charge is 2.58. The summed E-state index contributed by atoms with van der Waals surface area (Å²) in [6.45, 7) is 3.62. The molecule has 0 aliphatic heterocycles. The maximum absolute atomic E-state index is 12.8. The highest BCUT2D eigenvalue weighted by molar-refractivity contribution is 6.56. The van der Waals surface area contributed by atoms with Crippen molar-refractivity contribution < 1.29 is 19.4 Å². The molecule has 0 aromatic heterocycles. The second kappa shape index (κ2) is 7.67. The van der Waals surface area contributed by atoms with E-state index < -0.39 is 28.1 Å². The largest absolute Gasteiger partial charge is 0.464 e. The van der Waals surface area contributed by atoms with Crippen molar-refractivity contribution in [2.75, 3.05) is 6.61 Å². The topological polar surface area (TPSA) is 63.6 Å². The van der Waals surface area contributed by atoms with Gasteiger partial charge in [-0.2, -0.15) is 0 Å². The second-order valence-electron chi connectivity index (χ2n) is 6.20. The Kier molecular flexibility index (Phi) is 6.21. The molecule has 1 aromatic rings. The molecule has 7 heteroatoms.